The highest BCUT2D eigenvalue weighted by atomic mass is 16.4. The van der Waals surface area contributed by atoms with Crippen molar-refractivity contribution in [2.75, 3.05) is 27.2 Å². The molecule has 0 radical (unpaired) electrons. The Morgan fingerprint density at radius 1 is 1.50 bits per heavy atom. The normalized spacial score (nSPS) is 23.7. The summed E-state index contributed by atoms with van der Waals surface area (Å²) in [7, 11) is 3.54. The van der Waals surface area contributed by atoms with E-state index in [-0.39, 0.29) is 12.3 Å². The van der Waals surface area contributed by atoms with Crippen LogP contribution in [0.25, 0.3) is 0 Å². The molecule has 18 heavy (non-hydrogen) atoms. The number of nitriles is 1. The summed E-state index contributed by atoms with van der Waals surface area (Å²) in [5, 5.41) is 18.2. The molecule has 1 atom stereocenters. The molecule has 1 aliphatic heterocycles. The van der Waals surface area contributed by atoms with Crippen molar-refractivity contribution in [3.8, 4) is 6.07 Å². The second-order valence-corrected chi connectivity index (χ2v) is 4.65. The van der Waals surface area contributed by atoms with Gasteiger partial charge in [0.05, 0.1) is 12.6 Å². The van der Waals surface area contributed by atoms with E-state index in [0.29, 0.717) is 19.4 Å². The van der Waals surface area contributed by atoms with Gasteiger partial charge in [0, 0.05) is 26.8 Å². The van der Waals surface area contributed by atoms with Crippen LogP contribution < -0.4 is 0 Å². The summed E-state index contributed by atoms with van der Waals surface area (Å²) in [5.74, 6) is -0.329. The molecule has 0 spiro atoms. The Hall–Kier alpha value is -2.03. The Kier molecular flexibility index (Phi) is 4.32. The Morgan fingerprint density at radius 2 is 2.17 bits per heavy atom. The lowest BCUT2D eigenvalue weighted by Crippen LogP contribution is -2.48. The second-order valence-electron chi connectivity index (χ2n) is 4.65. The van der Waals surface area contributed by atoms with Gasteiger partial charge in [0.1, 0.15) is 5.41 Å². The molecule has 6 heteroatoms. The summed E-state index contributed by atoms with van der Waals surface area (Å²) in [4.78, 5) is 25.8. The largest absolute Gasteiger partial charge is 0.465 e. The number of carboxylic acid groups (broad SMARTS) is 1. The molecule has 0 bridgehead atoms. The zero-order valence-corrected chi connectivity index (χ0v) is 10.6. The summed E-state index contributed by atoms with van der Waals surface area (Å²) >= 11 is 0. The van der Waals surface area contributed by atoms with Gasteiger partial charge < -0.3 is 14.9 Å². The number of rotatable bonds is 3. The lowest BCUT2D eigenvalue weighted by Gasteiger charge is -2.35. The number of hydrogen-bond acceptors (Lipinski definition) is 4. The van der Waals surface area contributed by atoms with Crippen molar-refractivity contribution in [1.82, 2.24) is 9.80 Å². The summed E-state index contributed by atoms with van der Waals surface area (Å²) in [5.41, 5.74) is -1.23. The average molecular weight is 251 g/mol. The van der Waals surface area contributed by atoms with E-state index in [9.17, 15) is 14.9 Å². The van der Waals surface area contributed by atoms with E-state index in [1.165, 1.54) is 6.08 Å². The van der Waals surface area contributed by atoms with Gasteiger partial charge in [0.2, 0.25) is 0 Å². The smallest absolute Gasteiger partial charge is 0.407 e. The van der Waals surface area contributed by atoms with Crippen LogP contribution in [0.3, 0.4) is 0 Å². The molecule has 1 amide bonds. The molecule has 1 saturated heterocycles. The van der Waals surface area contributed by atoms with Crippen molar-refractivity contribution in [3.05, 3.63) is 12.3 Å². The molecular formula is C12H17N3O3. The van der Waals surface area contributed by atoms with Crippen molar-refractivity contribution in [3.63, 3.8) is 0 Å². The Labute approximate surface area is 106 Å². The molecule has 1 rings (SSSR count). The van der Waals surface area contributed by atoms with E-state index in [1.807, 2.05) is 6.07 Å². The first-order valence-electron chi connectivity index (χ1n) is 5.69. The number of hydrogen-bond donors (Lipinski definition) is 1. The van der Waals surface area contributed by atoms with E-state index in [0.717, 1.165) is 4.90 Å². The summed E-state index contributed by atoms with van der Waals surface area (Å²) in [6, 6.07) is 2.00. The van der Waals surface area contributed by atoms with Crippen LogP contribution in [-0.4, -0.2) is 54.0 Å². The highest BCUT2D eigenvalue weighted by Crippen LogP contribution is 2.31. The predicted octanol–water partition coefficient (Wildman–Crippen LogP) is 0.915. The van der Waals surface area contributed by atoms with Crippen molar-refractivity contribution >= 4 is 11.9 Å². The fourth-order valence-corrected chi connectivity index (χ4v) is 1.94. The fourth-order valence-electron chi connectivity index (χ4n) is 1.94. The SMILES string of the molecule is CN(C)C=CC(=O)C1(C#N)CCCN(C(=O)O)C1. The van der Waals surface area contributed by atoms with Gasteiger partial charge in [-0.1, -0.05) is 0 Å². The van der Waals surface area contributed by atoms with Crippen molar-refractivity contribution in [2.24, 2.45) is 5.41 Å². The monoisotopic (exact) mass is 251 g/mol. The highest BCUT2D eigenvalue weighted by molar-refractivity contribution is 5.97. The van der Waals surface area contributed by atoms with Crippen molar-refractivity contribution < 1.29 is 14.7 Å². The minimum absolute atomic E-state index is 0.0462. The average Bonchev–Trinajstić information content (AvgIpc) is 2.35. The van der Waals surface area contributed by atoms with Gasteiger partial charge >= 0.3 is 6.09 Å². The fraction of sp³-hybridized carbons (Fsp3) is 0.583. The molecule has 98 valence electrons. The number of likely N-dealkylation sites (tertiary alicyclic amines) is 1. The van der Waals surface area contributed by atoms with Gasteiger partial charge in [-0.2, -0.15) is 5.26 Å². The molecular weight excluding hydrogens is 234 g/mol. The van der Waals surface area contributed by atoms with E-state index >= 15 is 0 Å². The van der Waals surface area contributed by atoms with E-state index in [2.05, 4.69) is 0 Å². The van der Waals surface area contributed by atoms with Gasteiger partial charge in [-0.3, -0.25) is 4.79 Å². The van der Waals surface area contributed by atoms with Gasteiger partial charge in [-0.05, 0) is 18.9 Å². The van der Waals surface area contributed by atoms with Gasteiger partial charge in [0.15, 0.2) is 5.78 Å². The summed E-state index contributed by atoms with van der Waals surface area (Å²) < 4.78 is 0. The van der Waals surface area contributed by atoms with Crippen LogP contribution in [0.5, 0.6) is 0 Å². The van der Waals surface area contributed by atoms with E-state index in [4.69, 9.17) is 5.11 Å². The number of carbonyl (C=O) groups excluding carboxylic acids is 1. The van der Waals surface area contributed by atoms with Crippen LogP contribution in [-0.2, 0) is 4.79 Å². The van der Waals surface area contributed by atoms with Crippen LogP contribution in [0.4, 0.5) is 4.79 Å². The zero-order valence-electron chi connectivity index (χ0n) is 10.6. The lowest BCUT2D eigenvalue weighted by atomic mass is 9.77. The number of ketones is 1. The zero-order chi connectivity index (χ0) is 13.8. The van der Waals surface area contributed by atoms with Crippen LogP contribution in [0, 0.1) is 16.7 Å². The van der Waals surface area contributed by atoms with Crippen molar-refractivity contribution in [2.45, 2.75) is 12.8 Å². The van der Waals surface area contributed by atoms with E-state index in [1.54, 1.807) is 25.2 Å². The molecule has 1 N–H and O–H groups in total. The minimum Gasteiger partial charge on any atom is -0.465 e. The number of carbonyl (C=O) groups is 2. The number of nitrogens with zero attached hydrogens (tertiary/aromatic N) is 3. The third kappa shape index (κ3) is 3.00. The number of amides is 1. The second kappa shape index (κ2) is 5.54. The van der Waals surface area contributed by atoms with Crippen LogP contribution in [0.1, 0.15) is 12.8 Å². The topological polar surface area (TPSA) is 84.6 Å². The number of piperidine rings is 1. The summed E-state index contributed by atoms with van der Waals surface area (Å²) in [6.07, 6.45) is 2.76. The molecule has 1 heterocycles. The first-order chi connectivity index (χ1) is 8.41. The highest BCUT2D eigenvalue weighted by Gasteiger charge is 2.42. The third-order valence-electron chi connectivity index (χ3n) is 2.97. The molecule has 6 nitrogen and oxygen atoms in total. The molecule has 1 aliphatic rings. The lowest BCUT2D eigenvalue weighted by molar-refractivity contribution is -0.123. The Balaban J connectivity index is 2.89. The molecule has 0 aromatic heterocycles. The molecule has 0 aliphatic carbocycles. The maximum atomic E-state index is 12.1. The van der Waals surface area contributed by atoms with Gasteiger partial charge in [-0.15, -0.1) is 0 Å². The van der Waals surface area contributed by atoms with Gasteiger partial charge in [0.25, 0.3) is 0 Å². The third-order valence-corrected chi connectivity index (χ3v) is 2.97. The van der Waals surface area contributed by atoms with Crippen molar-refractivity contribution in [1.29, 1.82) is 5.26 Å². The maximum absolute atomic E-state index is 12.1. The Bertz CT molecular complexity index is 411. The van der Waals surface area contributed by atoms with Gasteiger partial charge in [-0.25, -0.2) is 4.79 Å². The first kappa shape index (κ1) is 14.0. The predicted molar refractivity (Wildman–Crippen MR) is 64.7 cm³/mol. The van der Waals surface area contributed by atoms with Crippen LogP contribution in [0.2, 0.25) is 0 Å². The van der Waals surface area contributed by atoms with Crippen LogP contribution >= 0.6 is 0 Å². The molecule has 0 saturated carbocycles. The summed E-state index contributed by atoms with van der Waals surface area (Å²) in [6.45, 7) is 0.332. The number of allylic oxidation sites excluding steroid dienone is 1. The maximum Gasteiger partial charge on any atom is 0.407 e. The quantitative estimate of drug-likeness (QED) is 0.754. The molecule has 0 aromatic carbocycles. The standard InChI is InChI=1S/C12H17N3O3/c1-14(2)7-4-10(16)12(8-13)5-3-6-15(9-12)11(17)18/h4,7H,3,5-6,9H2,1-2H3,(H,17,18). The minimum atomic E-state index is -1.23. The van der Waals surface area contributed by atoms with E-state index < -0.39 is 11.5 Å². The molecule has 0 aromatic rings. The first-order valence-corrected chi connectivity index (χ1v) is 5.69. The van der Waals surface area contributed by atoms with Crippen LogP contribution in [0.15, 0.2) is 12.3 Å². The molecule has 1 unspecified atom stereocenters. The molecule has 1 fully saturated rings. The Morgan fingerprint density at radius 3 is 2.67 bits per heavy atom.